The zero-order chi connectivity index (χ0) is 23.0. The highest BCUT2D eigenvalue weighted by molar-refractivity contribution is 7.90. The van der Waals surface area contributed by atoms with Crippen LogP contribution in [0.25, 0.3) is 22.4 Å². The average molecular weight is 462 g/mol. The predicted octanol–water partition coefficient (Wildman–Crippen LogP) is 5.38. The van der Waals surface area contributed by atoms with Crippen LogP contribution < -0.4 is 10.5 Å². The lowest BCUT2D eigenvalue weighted by molar-refractivity contribution is 0.306. The first kappa shape index (κ1) is 21.5. The monoisotopic (exact) mass is 461 g/mol. The molecule has 1 aliphatic rings. The molecule has 0 amide bonds. The lowest BCUT2D eigenvalue weighted by atomic mass is 10.1. The van der Waals surface area contributed by atoms with Gasteiger partial charge in [0.1, 0.15) is 23.7 Å². The third-order valence-electron chi connectivity index (χ3n) is 6.31. The molecule has 0 bridgehead atoms. The lowest BCUT2D eigenvalue weighted by Gasteiger charge is -2.17. The highest BCUT2D eigenvalue weighted by Crippen LogP contribution is 2.39. The van der Waals surface area contributed by atoms with Crippen LogP contribution in [0.2, 0.25) is 0 Å². The van der Waals surface area contributed by atoms with Crippen molar-refractivity contribution in [1.29, 1.82) is 0 Å². The second-order valence-electron chi connectivity index (χ2n) is 8.66. The van der Waals surface area contributed by atoms with E-state index in [2.05, 4.69) is 4.57 Å². The molecule has 3 aromatic carbocycles. The van der Waals surface area contributed by atoms with Crippen LogP contribution in [0.4, 0.5) is 5.69 Å². The first-order valence-electron chi connectivity index (χ1n) is 11.2. The van der Waals surface area contributed by atoms with E-state index < -0.39 is 9.84 Å². The van der Waals surface area contributed by atoms with Crippen LogP contribution in [-0.2, 0) is 16.4 Å². The molecule has 6 nitrogen and oxygen atoms in total. The lowest BCUT2D eigenvalue weighted by Crippen LogP contribution is -2.07. The minimum Gasteiger partial charge on any atom is -0.489 e. The fourth-order valence-electron chi connectivity index (χ4n) is 4.66. The molecule has 7 heteroatoms. The number of nitrogens with two attached hydrogens (primary N) is 1. The Hall–Kier alpha value is -3.32. The molecule has 33 heavy (non-hydrogen) atoms. The second kappa shape index (κ2) is 8.56. The number of benzene rings is 3. The summed E-state index contributed by atoms with van der Waals surface area (Å²) < 4.78 is 32.5. The van der Waals surface area contributed by atoms with Crippen LogP contribution in [0.5, 0.6) is 5.75 Å². The van der Waals surface area contributed by atoms with E-state index in [1.54, 1.807) is 6.07 Å². The molecular weight excluding hydrogens is 434 g/mol. The van der Waals surface area contributed by atoms with Crippen molar-refractivity contribution in [1.82, 2.24) is 9.55 Å². The van der Waals surface area contributed by atoms with Crippen molar-refractivity contribution in [2.75, 3.05) is 12.0 Å². The van der Waals surface area contributed by atoms with Gasteiger partial charge in [-0.2, -0.15) is 0 Å². The molecule has 0 saturated heterocycles. The summed E-state index contributed by atoms with van der Waals surface area (Å²) in [6.07, 6.45) is 5.67. The Bertz CT molecular complexity index is 1390. The number of nitrogen functional groups attached to an aromatic ring is 1. The Labute approximate surface area is 193 Å². The van der Waals surface area contributed by atoms with Crippen molar-refractivity contribution in [3.05, 3.63) is 72.3 Å². The summed E-state index contributed by atoms with van der Waals surface area (Å²) in [6, 6.07) is 21.7. The Morgan fingerprint density at radius 1 is 1.00 bits per heavy atom. The minimum absolute atomic E-state index is 0.127. The standard InChI is InChI=1S/C26H27N3O3S/c1-33(30,31)23-16-15-22-25(24(23)27)28-26(29(22)20-9-5-6-10-20)19-11-13-21(14-12-19)32-17-18-7-3-2-4-8-18/h2-4,7-8,11-16,20H,5-6,9-10,17,27H2,1H3. The number of fused-ring (bicyclic) bond motifs is 1. The van der Waals surface area contributed by atoms with E-state index in [1.165, 1.54) is 19.1 Å². The van der Waals surface area contributed by atoms with Gasteiger partial charge in [-0.05, 0) is 54.8 Å². The van der Waals surface area contributed by atoms with Crippen LogP contribution in [-0.4, -0.2) is 24.2 Å². The maximum Gasteiger partial charge on any atom is 0.177 e. The molecule has 1 aliphatic carbocycles. The average Bonchev–Trinajstić information content (AvgIpc) is 3.46. The Balaban J connectivity index is 1.53. The molecule has 4 aromatic rings. The van der Waals surface area contributed by atoms with E-state index in [0.717, 1.165) is 41.1 Å². The van der Waals surface area contributed by atoms with Gasteiger partial charge in [-0.3, -0.25) is 0 Å². The van der Waals surface area contributed by atoms with E-state index in [0.29, 0.717) is 18.2 Å². The summed E-state index contributed by atoms with van der Waals surface area (Å²) in [5.74, 6) is 1.59. The molecule has 5 rings (SSSR count). The maximum atomic E-state index is 12.2. The van der Waals surface area contributed by atoms with Gasteiger partial charge in [0.25, 0.3) is 0 Å². The van der Waals surface area contributed by atoms with Crippen LogP contribution in [0.15, 0.2) is 71.6 Å². The van der Waals surface area contributed by atoms with E-state index in [-0.39, 0.29) is 10.6 Å². The Kier molecular flexibility index (Phi) is 5.58. The summed E-state index contributed by atoms with van der Waals surface area (Å²) in [7, 11) is -3.44. The number of hydrogen-bond donors (Lipinski definition) is 1. The van der Waals surface area contributed by atoms with E-state index in [9.17, 15) is 8.42 Å². The molecule has 0 radical (unpaired) electrons. The van der Waals surface area contributed by atoms with Crippen LogP contribution >= 0.6 is 0 Å². The van der Waals surface area contributed by atoms with E-state index in [4.69, 9.17) is 15.5 Å². The molecule has 1 heterocycles. The number of nitrogens with zero attached hydrogens (tertiary/aromatic N) is 2. The molecule has 0 spiro atoms. The third-order valence-corrected chi connectivity index (χ3v) is 7.47. The Morgan fingerprint density at radius 2 is 1.70 bits per heavy atom. The van der Waals surface area contributed by atoms with Gasteiger partial charge in [0.15, 0.2) is 9.84 Å². The number of imidazole rings is 1. The highest BCUT2D eigenvalue weighted by Gasteiger charge is 2.26. The van der Waals surface area contributed by atoms with Crippen molar-refractivity contribution in [2.24, 2.45) is 0 Å². The fourth-order valence-corrected chi connectivity index (χ4v) is 5.48. The molecule has 2 N–H and O–H groups in total. The van der Waals surface area contributed by atoms with Gasteiger partial charge in [-0.25, -0.2) is 13.4 Å². The molecule has 1 fully saturated rings. The molecular formula is C26H27N3O3S. The normalized spacial score (nSPS) is 14.7. The third kappa shape index (κ3) is 4.20. The number of rotatable bonds is 6. The summed E-state index contributed by atoms with van der Waals surface area (Å²) >= 11 is 0. The summed E-state index contributed by atoms with van der Waals surface area (Å²) in [6.45, 7) is 0.506. The number of sulfone groups is 1. The molecule has 0 unspecified atom stereocenters. The SMILES string of the molecule is CS(=O)(=O)c1ccc2c(nc(-c3ccc(OCc4ccccc4)cc3)n2C2CCCC2)c1N. The number of ether oxygens (including phenoxy) is 1. The Morgan fingerprint density at radius 3 is 2.36 bits per heavy atom. The first-order chi connectivity index (χ1) is 15.9. The van der Waals surface area contributed by atoms with Crippen molar-refractivity contribution >= 4 is 26.6 Å². The van der Waals surface area contributed by atoms with Gasteiger partial charge in [-0.15, -0.1) is 0 Å². The van der Waals surface area contributed by atoms with Crippen LogP contribution in [0, 0.1) is 0 Å². The molecule has 170 valence electrons. The molecule has 0 aliphatic heterocycles. The summed E-state index contributed by atoms with van der Waals surface area (Å²) in [5, 5.41) is 0. The van der Waals surface area contributed by atoms with Crippen LogP contribution in [0.3, 0.4) is 0 Å². The molecule has 1 aromatic heterocycles. The predicted molar refractivity (Wildman–Crippen MR) is 131 cm³/mol. The van der Waals surface area contributed by atoms with Crippen molar-refractivity contribution in [2.45, 2.75) is 43.2 Å². The van der Waals surface area contributed by atoms with E-state index >= 15 is 0 Å². The van der Waals surface area contributed by atoms with Gasteiger partial charge in [0, 0.05) is 17.9 Å². The number of anilines is 1. The first-order valence-corrected chi connectivity index (χ1v) is 13.1. The van der Waals surface area contributed by atoms with Crippen LogP contribution in [0.1, 0.15) is 37.3 Å². The number of hydrogen-bond acceptors (Lipinski definition) is 5. The van der Waals surface area contributed by atoms with Gasteiger partial charge in [-0.1, -0.05) is 43.2 Å². The molecule has 0 atom stereocenters. The topological polar surface area (TPSA) is 87.2 Å². The fraction of sp³-hybridized carbons (Fsp3) is 0.269. The highest BCUT2D eigenvalue weighted by atomic mass is 32.2. The largest absolute Gasteiger partial charge is 0.489 e. The van der Waals surface area contributed by atoms with Crippen molar-refractivity contribution in [3.8, 4) is 17.1 Å². The minimum atomic E-state index is -3.44. The van der Waals surface area contributed by atoms with Gasteiger partial charge in [0.05, 0.1) is 16.1 Å². The van der Waals surface area contributed by atoms with Crippen molar-refractivity contribution < 1.29 is 13.2 Å². The summed E-state index contributed by atoms with van der Waals surface area (Å²) in [4.78, 5) is 4.98. The summed E-state index contributed by atoms with van der Waals surface area (Å²) in [5.41, 5.74) is 10.0. The maximum absolute atomic E-state index is 12.2. The molecule has 1 saturated carbocycles. The van der Waals surface area contributed by atoms with Gasteiger partial charge in [0.2, 0.25) is 0 Å². The zero-order valence-electron chi connectivity index (χ0n) is 18.6. The van der Waals surface area contributed by atoms with Crippen molar-refractivity contribution in [3.63, 3.8) is 0 Å². The van der Waals surface area contributed by atoms with Gasteiger partial charge >= 0.3 is 0 Å². The quantitative estimate of drug-likeness (QED) is 0.389. The number of aromatic nitrogens is 2. The zero-order valence-corrected chi connectivity index (χ0v) is 19.4. The smallest absolute Gasteiger partial charge is 0.177 e. The van der Waals surface area contributed by atoms with Gasteiger partial charge < -0.3 is 15.0 Å². The second-order valence-corrected chi connectivity index (χ2v) is 10.6. The van der Waals surface area contributed by atoms with E-state index in [1.807, 2.05) is 60.7 Å².